The van der Waals surface area contributed by atoms with Crippen molar-refractivity contribution in [2.75, 3.05) is 0 Å². The standard InChI is InChI=1S/Nb.5H2O.5O.V/h;5*1H2;;;;;;/q+5;;;;;;5*-2;. The third kappa shape index (κ3) is 1260. The van der Waals surface area contributed by atoms with E-state index in [2.05, 4.69) is 0 Å². The molecule has 0 aromatic carbocycles. The molecule has 0 heterocycles. The predicted octanol–water partition coefficient (Wildman–Crippen LogP) is -4.72. The molecule has 0 fully saturated rings. The van der Waals surface area contributed by atoms with Crippen LogP contribution in [-0.4, -0.2) is 27.4 Å². The summed E-state index contributed by atoms with van der Waals surface area (Å²) in [6.45, 7) is 0. The SMILES string of the molecule is O.O.O.O.O.[Nb+5].[O-2].[O-2].[O-2].[O-2].[O-2].[V]. The Morgan fingerprint density at radius 3 is 0.333 bits per heavy atom. The molecule has 12 heteroatoms. The minimum absolute atomic E-state index is 0. The molecule has 0 saturated heterocycles. The average Bonchev–Trinajstić information content (AvgIpc) is 0. The third-order valence-corrected chi connectivity index (χ3v) is 0. The Balaban J connectivity index is 0. The first-order valence-electron chi connectivity index (χ1n) is 0. The molecule has 0 unspecified atom stereocenters. The summed E-state index contributed by atoms with van der Waals surface area (Å²) in [4.78, 5) is 0. The quantitative estimate of drug-likeness (QED) is 0.380. The van der Waals surface area contributed by atoms with Crippen molar-refractivity contribution in [1.29, 1.82) is 0 Å². The van der Waals surface area contributed by atoms with Crippen LogP contribution in [0, 0.1) is 0 Å². The van der Waals surface area contributed by atoms with E-state index in [0.29, 0.717) is 0 Å². The van der Waals surface area contributed by atoms with E-state index < -0.39 is 0 Å². The molecule has 0 saturated carbocycles. The van der Waals surface area contributed by atoms with Crippen LogP contribution < -0.4 is 0 Å². The fourth-order valence-corrected chi connectivity index (χ4v) is 0. The molecule has 0 atom stereocenters. The second-order valence-electron chi connectivity index (χ2n) is 0. The zero-order valence-electron chi connectivity index (χ0n) is 5.44. The van der Waals surface area contributed by atoms with E-state index in [1.54, 1.807) is 0 Å². The van der Waals surface area contributed by atoms with Crippen LogP contribution in [0.25, 0.3) is 0 Å². The molecule has 85 valence electrons. The summed E-state index contributed by atoms with van der Waals surface area (Å²) in [7, 11) is 0. The van der Waals surface area contributed by atoms with Gasteiger partial charge in [0.25, 0.3) is 0 Å². The van der Waals surface area contributed by atoms with Crippen molar-refractivity contribution in [3.05, 3.63) is 0 Å². The molecule has 0 rings (SSSR count). The molecule has 10 nitrogen and oxygen atoms in total. The van der Waals surface area contributed by atoms with Gasteiger partial charge in [0, 0.05) is 18.6 Å². The van der Waals surface area contributed by atoms with E-state index >= 15 is 0 Å². The van der Waals surface area contributed by atoms with Gasteiger partial charge in [-0.3, -0.25) is 0 Å². The van der Waals surface area contributed by atoms with Gasteiger partial charge in [0.2, 0.25) is 0 Å². The van der Waals surface area contributed by atoms with Gasteiger partial charge in [0.1, 0.15) is 0 Å². The van der Waals surface area contributed by atoms with E-state index in [9.17, 15) is 0 Å². The monoisotopic (exact) mass is 314 g/mol. The van der Waals surface area contributed by atoms with Crippen LogP contribution in [0.1, 0.15) is 0 Å². The molecule has 0 aromatic rings. The van der Waals surface area contributed by atoms with Gasteiger partial charge in [-0.05, 0) is 0 Å². The van der Waals surface area contributed by atoms with Crippen LogP contribution in [0.3, 0.4) is 0 Å². The first-order chi connectivity index (χ1) is 0. The summed E-state index contributed by atoms with van der Waals surface area (Å²) in [5.74, 6) is 0. The fourth-order valence-electron chi connectivity index (χ4n) is 0. The first kappa shape index (κ1) is 2150. The molecule has 0 bridgehead atoms. The van der Waals surface area contributed by atoms with Crippen molar-refractivity contribution in [2.45, 2.75) is 0 Å². The molecule has 12 heavy (non-hydrogen) atoms. The Kier molecular flexibility index (Phi) is 298000. The summed E-state index contributed by atoms with van der Waals surface area (Å²) >= 11 is 0. The molecule has 0 aliphatic rings. The topological polar surface area (TPSA) is 300 Å². The van der Waals surface area contributed by atoms with E-state index in [0.717, 1.165) is 0 Å². The maximum atomic E-state index is 0. The van der Waals surface area contributed by atoms with Crippen molar-refractivity contribution in [1.82, 2.24) is 0 Å². The summed E-state index contributed by atoms with van der Waals surface area (Å²) in [6.07, 6.45) is 0. The van der Waals surface area contributed by atoms with E-state index in [1.165, 1.54) is 0 Å². The summed E-state index contributed by atoms with van der Waals surface area (Å²) in [5.41, 5.74) is 0. The van der Waals surface area contributed by atoms with E-state index in [1.807, 2.05) is 0 Å². The van der Waals surface area contributed by atoms with Crippen LogP contribution in [-0.2, 0) is 68.3 Å². The molecule has 0 amide bonds. The van der Waals surface area contributed by atoms with Gasteiger partial charge in [-0.15, -0.1) is 0 Å². The van der Waals surface area contributed by atoms with Gasteiger partial charge in [-0.1, -0.05) is 0 Å². The van der Waals surface area contributed by atoms with Crippen molar-refractivity contribution < 1.29 is 95.7 Å². The van der Waals surface area contributed by atoms with Crippen LogP contribution in [0.5, 0.6) is 0 Å². The fraction of sp³-hybridized carbons (Fsp3) is 0. The molecule has 0 aromatic heterocycles. The molecule has 1 radical (unpaired) electrons. The first-order valence-corrected chi connectivity index (χ1v) is 0. The number of hydrogen-bond acceptors (Lipinski definition) is 0. The van der Waals surface area contributed by atoms with Crippen molar-refractivity contribution in [2.24, 2.45) is 0 Å². The number of hydrogen-bond donors (Lipinski definition) is 0. The normalized spacial score (nSPS) is 0. The summed E-state index contributed by atoms with van der Waals surface area (Å²) in [6, 6.07) is 0. The molecule has 0 aliphatic carbocycles. The maximum Gasteiger partial charge on any atom is 5.00 e. The second-order valence-corrected chi connectivity index (χ2v) is 0. The van der Waals surface area contributed by atoms with Crippen LogP contribution in [0.2, 0.25) is 0 Å². The zero-order chi connectivity index (χ0) is 0. The van der Waals surface area contributed by atoms with Crippen LogP contribution in [0.15, 0.2) is 0 Å². The van der Waals surface area contributed by atoms with E-state index in [4.69, 9.17) is 0 Å². The van der Waals surface area contributed by atoms with Crippen LogP contribution >= 0.6 is 0 Å². The minimum atomic E-state index is 0. The Hall–Kier alpha value is 0.925. The molecule has 10 N–H and O–H groups in total. The van der Waals surface area contributed by atoms with Gasteiger partial charge >= 0.3 is 22.4 Å². The minimum Gasteiger partial charge on any atom is -2.00 e. The third-order valence-electron chi connectivity index (χ3n) is 0. The largest absolute Gasteiger partial charge is 5.00 e. The number of rotatable bonds is 0. The van der Waals surface area contributed by atoms with E-state index in [-0.39, 0.29) is 95.7 Å². The molecular formula is H10NbO10V-5. The Bertz CT molecular complexity index is 9.80. The van der Waals surface area contributed by atoms with Gasteiger partial charge in [0.15, 0.2) is 0 Å². The smallest absolute Gasteiger partial charge is 2.00 e. The van der Waals surface area contributed by atoms with Crippen molar-refractivity contribution >= 4 is 0 Å². The zero-order valence-corrected chi connectivity index (χ0v) is 9.03. The van der Waals surface area contributed by atoms with Crippen molar-refractivity contribution in [3.63, 3.8) is 0 Å². The Morgan fingerprint density at radius 2 is 0.333 bits per heavy atom. The summed E-state index contributed by atoms with van der Waals surface area (Å²) in [5, 5.41) is 0. The maximum absolute atomic E-state index is 0. The van der Waals surface area contributed by atoms with Gasteiger partial charge in [-0.25, -0.2) is 0 Å². The van der Waals surface area contributed by atoms with Gasteiger partial charge < -0.3 is 54.8 Å². The molecular weight excluding hydrogens is 304 g/mol. The second kappa shape index (κ2) is 1660. The molecule has 0 spiro atoms. The predicted molar refractivity (Wildman–Crippen MR) is 21.5 cm³/mol. The average molecular weight is 314 g/mol. The Morgan fingerprint density at radius 1 is 0.333 bits per heavy atom. The van der Waals surface area contributed by atoms with Gasteiger partial charge in [0.05, 0.1) is 0 Å². The molecule has 0 aliphatic heterocycles. The van der Waals surface area contributed by atoms with Gasteiger partial charge in [-0.2, -0.15) is 0 Å². The Labute approximate surface area is 95.8 Å². The summed E-state index contributed by atoms with van der Waals surface area (Å²) < 4.78 is 0. The van der Waals surface area contributed by atoms with Crippen LogP contribution in [0.4, 0.5) is 0 Å². The van der Waals surface area contributed by atoms with Crippen molar-refractivity contribution in [3.8, 4) is 0 Å².